The third kappa shape index (κ3) is 5.89. The SMILES string of the molecule is CCCC(C)(N)C(=O)NCCCN1CCN(C)CC1. The summed E-state index contributed by atoms with van der Waals surface area (Å²) in [4.78, 5) is 16.7. The molecule has 112 valence electrons. The highest BCUT2D eigenvalue weighted by molar-refractivity contribution is 5.85. The highest BCUT2D eigenvalue weighted by Gasteiger charge is 2.26. The summed E-state index contributed by atoms with van der Waals surface area (Å²) in [6.45, 7) is 10.2. The van der Waals surface area contributed by atoms with Gasteiger partial charge < -0.3 is 20.9 Å². The molecule has 0 aliphatic carbocycles. The summed E-state index contributed by atoms with van der Waals surface area (Å²) in [5.41, 5.74) is 5.26. The fourth-order valence-corrected chi connectivity index (χ4v) is 2.41. The number of hydrogen-bond acceptors (Lipinski definition) is 4. The van der Waals surface area contributed by atoms with Crippen LogP contribution in [-0.4, -0.2) is 67.6 Å². The molecule has 0 bridgehead atoms. The standard InChI is InChI=1S/C14H30N4O/c1-4-6-14(2,15)13(19)16-7-5-8-18-11-9-17(3)10-12-18/h4-12,15H2,1-3H3,(H,16,19). The van der Waals surface area contributed by atoms with E-state index in [0.717, 1.165) is 58.5 Å². The summed E-state index contributed by atoms with van der Waals surface area (Å²) in [7, 11) is 2.16. The lowest BCUT2D eigenvalue weighted by molar-refractivity contribution is -0.126. The Hall–Kier alpha value is -0.650. The maximum atomic E-state index is 11.9. The molecule has 1 rings (SSSR count). The van der Waals surface area contributed by atoms with Crippen LogP contribution in [0.25, 0.3) is 0 Å². The monoisotopic (exact) mass is 270 g/mol. The number of carbonyl (C=O) groups excluding carboxylic acids is 1. The number of rotatable bonds is 7. The van der Waals surface area contributed by atoms with Crippen molar-refractivity contribution in [1.82, 2.24) is 15.1 Å². The molecule has 1 aliphatic heterocycles. The average molecular weight is 270 g/mol. The van der Waals surface area contributed by atoms with Gasteiger partial charge in [-0.1, -0.05) is 13.3 Å². The number of likely N-dealkylation sites (N-methyl/N-ethyl adjacent to an activating group) is 1. The van der Waals surface area contributed by atoms with Crippen molar-refractivity contribution in [2.24, 2.45) is 5.73 Å². The maximum absolute atomic E-state index is 11.9. The van der Waals surface area contributed by atoms with Crippen molar-refractivity contribution in [1.29, 1.82) is 0 Å². The molecule has 0 aromatic carbocycles. The molecule has 0 saturated carbocycles. The second-order valence-corrected chi connectivity index (χ2v) is 5.92. The zero-order valence-electron chi connectivity index (χ0n) is 12.7. The molecule has 1 amide bonds. The Morgan fingerprint density at radius 1 is 1.32 bits per heavy atom. The zero-order valence-corrected chi connectivity index (χ0v) is 12.7. The number of amides is 1. The normalized spacial score (nSPS) is 21.1. The van der Waals surface area contributed by atoms with Gasteiger partial charge in [0.05, 0.1) is 5.54 Å². The molecule has 1 unspecified atom stereocenters. The van der Waals surface area contributed by atoms with Crippen LogP contribution in [0.3, 0.4) is 0 Å². The van der Waals surface area contributed by atoms with Crippen molar-refractivity contribution in [3.05, 3.63) is 0 Å². The zero-order chi connectivity index (χ0) is 14.3. The first kappa shape index (κ1) is 16.4. The van der Waals surface area contributed by atoms with Gasteiger partial charge in [0.1, 0.15) is 0 Å². The fourth-order valence-electron chi connectivity index (χ4n) is 2.41. The van der Waals surface area contributed by atoms with Crippen LogP contribution in [0.5, 0.6) is 0 Å². The molecule has 5 nitrogen and oxygen atoms in total. The summed E-state index contributed by atoms with van der Waals surface area (Å²) in [6.07, 6.45) is 2.66. The Labute approximate surface area is 117 Å². The quantitative estimate of drug-likeness (QED) is 0.651. The van der Waals surface area contributed by atoms with E-state index in [1.807, 2.05) is 13.8 Å². The van der Waals surface area contributed by atoms with Crippen molar-refractivity contribution in [2.45, 2.75) is 38.6 Å². The molecule has 0 aromatic rings. The summed E-state index contributed by atoms with van der Waals surface area (Å²) in [5.74, 6) is -0.0206. The molecule has 0 spiro atoms. The molecule has 0 aromatic heterocycles. The van der Waals surface area contributed by atoms with E-state index in [1.54, 1.807) is 0 Å². The topological polar surface area (TPSA) is 61.6 Å². The van der Waals surface area contributed by atoms with Crippen LogP contribution in [0.4, 0.5) is 0 Å². The van der Waals surface area contributed by atoms with Gasteiger partial charge >= 0.3 is 0 Å². The molecular formula is C14H30N4O. The lowest BCUT2D eigenvalue weighted by Crippen LogP contribution is -2.52. The van der Waals surface area contributed by atoms with Gasteiger partial charge in [-0.3, -0.25) is 4.79 Å². The van der Waals surface area contributed by atoms with Gasteiger partial charge in [-0.25, -0.2) is 0 Å². The third-order valence-corrected chi connectivity index (χ3v) is 3.82. The van der Waals surface area contributed by atoms with Gasteiger partial charge in [0, 0.05) is 32.7 Å². The van der Waals surface area contributed by atoms with Crippen molar-refractivity contribution in [3.63, 3.8) is 0 Å². The second kappa shape index (κ2) is 7.82. The molecule has 1 atom stereocenters. The predicted molar refractivity (Wildman–Crippen MR) is 79.1 cm³/mol. The van der Waals surface area contributed by atoms with Crippen LogP contribution in [0.1, 0.15) is 33.1 Å². The molecule has 1 fully saturated rings. The van der Waals surface area contributed by atoms with Crippen LogP contribution >= 0.6 is 0 Å². The molecule has 0 radical (unpaired) electrons. The Morgan fingerprint density at radius 3 is 2.53 bits per heavy atom. The van der Waals surface area contributed by atoms with Crippen molar-refractivity contribution >= 4 is 5.91 Å². The predicted octanol–water partition coefficient (Wildman–Crippen LogP) is 0.258. The van der Waals surface area contributed by atoms with Gasteiger partial charge in [-0.2, -0.15) is 0 Å². The smallest absolute Gasteiger partial charge is 0.239 e. The lowest BCUT2D eigenvalue weighted by Gasteiger charge is -2.32. The van der Waals surface area contributed by atoms with E-state index in [4.69, 9.17) is 5.73 Å². The van der Waals surface area contributed by atoms with E-state index in [2.05, 4.69) is 22.2 Å². The van der Waals surface area contributed by atoms with Gasteiger partial charge in [-0.15, -0.1) is 0 Å². The Balaban J connectivity index is 2.12. The van der Waals surface area contributed by atoms with E-state index < -0.39 is 5.54 Å². The summed E-state index contributed by atoms with van der Waals surface area (Å²) in [6, 6.07) is 0. The molecule has 19 heavy (non-hydrogen) atoms. The van der Waals surface area contributed by atoms with Crippen molar-refractivity contribution in [2.75, 3.05) is 46.3 Å². The van der Waals surface area contributed by atoms with E-state index in [-0.39, 0.29) is 5.91 Å². The van der Waals surface area contributed by atoms with Crippen LogP contribution in [-0.2, 0) is 4.79 Å². The lowest BCUT2D eigenvalue weighted by atomic mass is 9.96. The number of carbonyl (C=O) groups is 1. The molecule has 1 heterocycles. The summed E-state index contributed by atoms with van der Waals surface area (Å²) in [5, 5.41) is 2.96. The highest BCUT2D eigenvalue weighted by atomic mass is 16.2. The Bertz CT molecular complexity index is 273. The minimum atomic E-state index is -0.720. The number of hydrogen-bond donors (Lipinski definition) is 2. The highest BCUT2D eigenvalue weighted by Crippen LogP contribution is 2.08. The van der Waals surface area contributed by atoms with E-state index in [0.29, 0.717) is 0 Å². The number of nitrogens with one attached hydrogen (secondary N) is 1. The fraction of sp³-hybridized carbons (Fsp3) is 0.929. The first-order valence-electron chi connectivity index (χ1n) is 7.44. The Morgan fingerprint density at radius 2 is 1.95 bits per heavy atom. The molecule has 1 aliphatic rings. The van der Waals surface area contributed by atoms with Crippen molar-refractivity contribution < 1.29 is 4.79 Å². The first-order valence-corrected chi connectivity index (χ1v) is 7.44. The Kier molecular flexibility index (Phi) is 6.75. The van der Waals surface area contributed by atoms with Crippen LogP contribution in [0.2, 0.25) is 0 Å². The van der Waals surface area contributed by atoms with Gasteiger partial charge in [-0.05, 0) is 33.4 Å². The summed E-state index contributed by atoms with van der Waals surface area (Å²) < 4.78 is 0. The van der Waals surface area contributed by atoms with E-state index in [1.165, 1.54) is 0 Å². The summed E-state index contributed by atoms with van der Waals surface area (Å²) >= 11 is 0. The molecular weight excluding hydrogens is 240 g/mol. The molecule has 1 saturated heterocycles. The average Bonchev–Trinajstić information content (AvgIpc) is 2.36. The van der Waals surface area contributed by atoms with Crippen LogP contribution in [0, 0.1) is 0 Å². The largest absolute Gasteiger partial charge is 0.354 e. The minimum Gasteiger partial charge on any atom is -0.354 e. The van der Waals surface area contributed by atoms with Gasteiger partial charge in [0.25, 0.3) is 0 Å². The number of nitrogens with two attached hydrogens (primary N) is 1. The van der Waals surface area contributed by atoms with Gasteiger partial charge in [0.2, 0.25) is 5.91 Å². The van der Waals surface area contributed by atoms with Crippen LogP contribution in [0.15, 0.2) is 0 Å². The maximum Gasteiger partial charge on any atom is 0.239 e. The first-order chi connectivity index (χ1) is 8.95. The minimum absolute atomic E-state index is 0.0206. The number of piperazine rings is 1. The third-order valence-electron chi connectivity index (χ3n) is 3.82. The number of nitrogens with zero attached hydrogens (tertiary/aromatic N) is 2. The second-order valence-electron chi connectivity index (χ2n) is 5.92. The van der Waals surface area contributed by atoms with Crippen LogP contribution < -0.4 is 11.1 Å². The molecule has 5 heteroatoms. The van der Waals surface area contributed by atoms with E-state index >= 15 is 0 Å². The van der Waals surface area contributed by atoms with Gasteiger partial charge in [0.15, 0.2) is 0 Å². The van der Waals surface area contributed by atoms with Crippen molar-refractivity contribution in [3.8, 4) is 0 Å². The molecule has 3 N–H and O–H groups in total. The van der Waals surface area contributed by atoms with E-state index in [9.17, 15) is 4.79 Å².